The lowest BCUT2D eigenvalue weighted by Gasteiger charge is -2.44. The van der Waals surface area contributed by atoms with Gasteiger partial charge in [0.2, 0.25) is 0 Å². The van der Waals surface area contributed by atoms with Gasteiger partial charge in [-0.05, 0) is 98.1 Å². The summed E-state index contributed by atoms with van der Waals surface area (Å²) < 4.78 is 13.8. The number of aryl methyl sites for hydroxylation is 2. The van der Waals surface area contributed by atoms with Crippen LogP contribution < -0.4 is 35.9 Å². The number of hydrogen-bond donors (Lipinski definition) is 3. The Kier molecular flexibility index (Phi) is 8.12. The molecule has 0 unspecified atom stereocenters. The fourth-order valence-electron chi connectivity index (χ4n) is 6.95. The molecule has 3 N–H and O–H groups in total. The fourth-order valence-corrected chi connectivity index (χ4v) is 7.18. The normalized spacial score (nSPS) is 19.5. The van der Waals surface area contributed by atoms with E-state index in [-0.39, 0.29) is 23.5 Å². The Hall–Kier alpha value is -4.83. The third-order valence-corrected chi connectivity index (χ3v) is 9.07. The zero-order valence-corrected chi connectivity index (χ0v) is 26.7. The standard InChI is InChI=1S/C36H37N5O4S/c1-22-12-23(2)14-27(13-22)38-36(46)39-29-16-25(35(43)37-17-28-21-44-32-7-3-4-8-33(32)45-28)10-11-31(29)40-18-24-15-26(20-40)30-6-5-9-34(42)41(30)19-24/h3-14,16,24,26,28H,15,17-21H2,1-2H3,(H,37,43)(H2,38,39,46)/t24-,26+,28-/m1/s1. The molecule has 1 saturated heterocycles. The van der Waals surface area contributed by atoms with Gasteiger partial charge in [0.15, 0.2) is 16.6 Å². The molecule has 46 heavy (non-hydrogen) atoms. The van der Waals surface area contributed by atoms with Gasteiger partial charge in [-0.2, -0.15) is 0 Å². The third kappa shape index (κ3) is 6.30. The zero-order valence-electron chi connectivity index (χ0n) is 25.9. The predicted molar refractivity (Wildman–Crippen MR) is 185 cm³/mol. The molecule has 0 saturated carbocycles. The highest BCUT2D eigenvalue weighted by molar-refractivity contribution is 7.80. The van der Waals surface area contributed by atoms with E-state index >= 15 is 0 Å². The van der Waals surface area contributed by atoms with E-state index in [4.69, 9.17) is 21.7 Å². The Labute approximate surface area is 273 Å². The smallest absolute Gasteiger partial charge is 0.251 e. The van der Waals surface area contributed by atoms with Gasteiger partial charge in [-0.1, -0.05) is 24.3 Å². The first-order valence-corrected chi connectivity index (χ1v) is 16.1. The van der Waals surface area contributed by atoms with Crippen LogP contribution in [0.1, 0.15) is 39.5 Å². The molecule has 2 bridgehead atoms. The van der Waals surface area contributed by atoms with Crippen LogP contribution in [0.5, 0.6) is 11.5 Å². The van der Waals surface area contributed by atoms with E-state index in [1.54, 1.807) is 6.07 Å². The average molecular weight is 636 g/mol. The van der Waals surface area contributed by atoms with Crippen molar-refractivity contribution >= 4 is 40.3 Å². The SMILES string of the molecule is Cc1cc(C)cc(NC(=S)Nc2cc(C(=O)NC[C@@H]3COc4ccccc4O3)ccc2N2C[C@H]3C[C@@H](C2)c2cccc(=O)n2C3)c1. The molecule has 7 rings (SSSR count). The Morgan fingerprint density at radius 2 is 1.72 bits per heavy atom. The van der Waals surface area contributed by atoms with Crippen LogP contribution in [0.4, 0.5) is 17.1 Å². The number of rotatable bonds is 6. The molecule has 3 atom stereocenters. The van der Waals surface area contributed by atoms with Gasteiger partial charge in [0.1, 0.15) is 12.7 Å². The van der Waals surface area contributed by atoms with E-state index in [2.05, 4.69) is 46.8 Å². The maximum absolute atomic E-state index is 13.4. The fraction of sp³-hybridized carbons (Fsp3) is 0.306. The number of para-hydroxylation sites is 2. The largest absolute Gasteiger partial charge is 0.486 e. The minimum atomic E-state index is -0.298. The number of thiocarbonyl (C=S) groups is 1. The number of ether oxygens (including phenoxy) is 2. The number of benzene rings is 3. The van der Waals surface area contributed by atoms with Gasteiger partial charge in [0.25, 0.3) is 11.5 Å². The van der Waals surface area contributed by atoms with E-state index < -0.39 is 0 Å². The molecular weight excluding hydrogens is 598 g/mol. The van der Waals surface area contributed by atoms with Crippen molar-refractivity contribution in [2.45, 2.75) is 38.8 Å². The number of aromatic nitrogens is 1. The molecule has 10 heteroatoms. The minimum Gasteiger partial charge on any atom is -0.486 e. The first-order valence-electron chi connectivity index (χ1n) is 15.7. The molecule has 4 aromatic rings. The van der Waals surface area contributed by atoms with E-state index in [1.807, 2.05) is 65.2 Å². The van der Waals surface area contributed by atoms with Crippen molar-refractivity contribution in [3.63, 3.8) is 0 Å². The Morgan fingerprint density at radius 3 is 2.54 bits per heavy atom. The lowest BCUT2D eigenvalue weighted by molar-refractivity contribution is 0.0789. The number of hydrogen-bond acceptors (Lipinski definition) is 6. The molecule has 4 heterocycles. The van der Waals surface area contributed by atoms with Crippen LogP contribution in [-0.2, 0) is 6.54 Å². The molecule has 1 fully saturated rings. The first kappa shape index (κ1) is 29.9. The van der Waals surface area contributed by atoms with Crippen LogP contribution in [0, 0.1) is 19.8 Å². The Morgan fingerprint density at radius 1 is 0.913 bits per heavy atom. The highest BCUT2D eigenvalue weighted by Crippen LogP contribution is 2.39. The minimum absolute atomic E-state index is 0.0653. The van der Waals surface area contributed by atoms with E-state index in [9.17, 15) is 9.59 Å². The maximum Gasteiger partial charge on any atom is 0.251 e. The molecule has 3 aromatic carbocycles. The summed E-state index contributed by atoms with van der Waals surface area (Å²) in [4.78, 5) is 28.4. The molecule has 3 aliphatic heterocycles. The van der Waals surface area contributed by atoms with Crippen molar-refractivity contribution in [2.75, 3.05) is 41.8 Å². The average Bonchev–Trinajstić information content (AvgIpc) is 3.03. The lowest BCUT2D eigenvalue weighted by Crippen LogP contribution is -2.47. The second-order valence-corrected chi connectivity index (χ2v) is 12.9. The predicted octanol–water partition coefficient (Wildman–Crippen LogP) is 5.47. The molecular formula is C36H37N5O4S. The van der Waals surface area contributed by atoms with Crippen molar-refractivity contribution in [3.8, 4) is 11.5 Å². The van der Waals surface area contributed by atoms with Crippen LogP contribution in [0.15, 0.2) is 83.7 Å². The summed E-state index contributed by atoms with van der Waals surface area (Å²) in [6.07, 6.45) is 0.751. The second-order valence-electron chi connectivity index (χ2n) is 12.5. The van der Waals surface area contributed by atoms with Crippen molar-refractivity contribution in [3.05, 3.63) is 112 Å². The van der Waals surface area contributed by atoms with Crippen LogP contribution in [0.3, 0.4) is 0 Å². The molecule has 236 valence electrons. The topological polar surface area (TPSA) is 96.9 Å². The van der Waals surface area contributed by atoms with E-state index in [0.29, 0.717) is 47.8 Å². The van der Waals surface area contributed by atoms with Crippen LogP contribution in [0.25, 0.3) is 0 Å². The molecule has 9 nitrogen and oxygen atoms in total. The molecule has 1 aromatic heterocycles. The quantitative estimate of drug-likeness (QED) is 0.240. The molecule has 1 amide bonds. The van der Waals surface area contributed by atoms with Gasteiger partial charge >= 0.3 is 0 Å². The van der Waals surface area contributed by atoms with Crippen molar-refractivity contribution in [2.24, 2.45) is 5.92 Å². The van der Waals surface area contributed by atoms with E-state index in [1.165, 1.54) is 0 Å². The van der Waals surface area contributed by atoms with Gasteiger partial charge in [-0.3, -0.25) is 9.59 Å². The summed E-state index contributed by atoms with van der Waals surface area (Å²) in [5.74, 6) is 1.74. The van der Waals surface area contributed by atoms with Gasteiger partial charge < -0.3 is 34.9 Å². The van der Waals surface area contributed by atoms with Gasteiger partial charge in [0, 0.05) is 48.6 Å². The third-order valence-electron chi connectivity index (χ3n) is 8.86. The lowest BCUT2D eigenvalue weighted by atomic mass is 9.83. The number of nitrogens with zero attached hydrogens (tertiary/aromatic N) is 2. The van der Waals surface area contributed by atoms with Gasteiger partial charge in [-0.25, -0.2) is 0 Å². The van der Waals surface area contributed by atoms with Crippen molar-refractivity contribution < 1.29 is 14.3 Å². The number of fused-ring (bicyclic) bond motifs is 5. The molecule has 3 aliphatic rings. The summed E-state index contributed by atoms with van der Waals surface area (Å²) >= 11 is 5.78. The van der Waals surface area contributed by atoms with Crippen LogP contribution in [0.2, 0.25) is 0 Å². The number of piperidine rings is 1. The summed E-state index contributed by atoms with van der Waals surface area (Å²) in [6.45, 7) is 7.03. The molecule has 0 aliphatic carbocycles. The van der Waals surface area contributed by atoms with Crippen molar-refractivity contribution in [1.29, 1.82) is 0 Å². The van der Waals surface area contributed by atoms with Gasteiger partial charge in [0.05, 0.1) is 17.9 Å². The number of pyridine rings is 1. The van der Waals surface area contributed by atoms with Gasteiger partial charge in [-0.15, -0.1) is 0 Å². The summed E-state index contributed by atoms with van der Waals surface area (Å²) in [6, 6.07) is 25.0. The van der Waals surface area contributed by atoms with E-state index in [0.717, 1.165) is 53.4 Å². The molecule has 0 radical (unpaired) electrons. The second kappa shape index (κ2) is 12.5. The maximum atomic E-state index is 13.4. The summed E-state index contributed by atoms with van der Waals surface area (Å²) in [5.41, 5.74) is 6.54. The highest BCUT2D eigenvalue weighted by atomic mass is 32.1. The molecule has 0 spiro atoms. The first-order chi connectivity index (χ1) is 22.3. The van der Waals surface area contributed by atoms with Crippen LogP contribution >= 0.6 is 12.2 Å². The zero-order chi connectivity index (χ0) is 31.8. The number of amides is 1. The highest BCUT2D eigenvalue weighted by Gasteiger charge is 2.35. The number of anilines is 3. The van der Waals surface area contributed by atoms with Crippen molar-refractivity contribution in [1.82, 2.24) is 9.88 Å². The monoisotopic (exact) mass is 635 g/mol. The number of carbonyl (C=O) groups is 1. The summed E-state index contributed by atoms with van der Waals surface area (Å²) in [5, 5.41) is 10.2. The summed E-state index contributed by atoms with van der Waals surface area (Å²) in [7, 11) is 0. The van der Waals surface area contributed by atoms with Crippen LogP contribution in [-0.4, -0.2) is 47.9 Å². The Bertz CT molecular complexity index is 1850. The number of carbonyl (C=O) groups excluding carboxylic acids is 1. The Balaban J connectivity index is 1.12. The number of nitrogens with one attached hydrogen (secondary N) is 3.